The fourth-order valence-electron chi connectivity index (χ4n) is 1.93. The minimum Gasteiger partial charge on any atom is -0.494 e. The molecule has 0 radical (unpaired) electrons. The molecule has 0 amide bonds. The Balaban J connectivity index is 1.98. The first kappa shape index (κ1) is 14.3. The van der Waals surface area contributed by atoms with Crippen molar-refractivity contribution < 1.29 is 14.2 Å². The molecule has 2 N–H and O–H groups in total. The van der Waals surface area contributed by atoms with E-state index in [1.165, 1.54) is 6.07 Å². The summed E-state index contributed by atoms with van der Waals surface area (Å²) in [5.74, 6) is 0.364. The highest BCUT2D eigenvalue weighted by Crippen LogP contribution is 2.20. The summed E-state index contributed by atoms with van der Waals surface area (Å²) in [5.41, 5.74) is 1.12. The fourth-order valence-corrected chi connectivity index (χ4v) is 1.93. The van der Waals surface area contributed by atoms with E-state index in [-0.39, 0.29) is 6.54 Å². The zero-order chi connectivity index (χ0) is 14.4. The molecule has 3 nitrogen and oxygen atoms in total. The normalized spacial score (nSPS) is 11.9. The number of rotatable bonds is 6. The van der Waals surface area contributed by atoms with Crippen LogP contribution in [0, 0.1) is 5.82 Å². The largest absolute Gasteiger partial charge is 0.494 e. The van der Waals surface area contributed by atoms with Gasteiger partial charge in [-0.2, -0.15) is 0 Å². The highest BCUT2D eigenvalue weighted by molar-refractivity contribution is 5.48. The summed E-state index contributed by atoms with van der Waals surface area (Å²) < 4.78 is 18.9. The first-order chi connectivity index (χ1) is 9.70. The smallest absolute Gasteiger partial charge is 0.129 e. The van der Waals surface area contributed by atoms with Crippen molar-refractivity contribution in [3.05, 3.63) is 59.9 Å². The second-order valence-corrected chi connectivity index (χ2v) is 4.38. The Kier molecular flexibility index (Phi) is 4.96. The van der Waals surface area contributed by atoms with Crippen LogP contribution in [0.3, 0.4) is 0 Å². The number of hydrogen-bond acceptors (Lipinski definition) is 3. The fraction of sp³-hybridized carbons (Fsp3) is 0.250. The molecule has 0 heterocycles. The molecular formula is C16H18FNO2. The van der Waals surface area contributed by atoms with Crippen molar-refractivity contribution in [1.29, 1.82) is 0 Å². The van der Waals surface area contributed by atoms with Crippen molar-refractivity contribution in [3.63, 3.8) is 0 Å². The molecule has 0 aliphatic carbocycles. The molecule has 1 atom stereocenters. The van der Waals surface area contributed by atoms with E-state index in [2.05, 4.69) is 5.32 Å². The van der Waals surface area contributed by atoms with Gasteiger partial charge in [-0.05, 0) is 25.1 Å². The Labute approximate surface area is 118 Å². The lowest BCUT2D eigenvalue weighted by Crippen LogP contribution is -2.13. The second kappa shape index (κ2) is 6.91. The maximum Gasteiger partial charge on any atom is 0.129 e. The first-order valence-electron chi connectivity index (χ1n) is 6.60. The first-order valence-corrected chi connectivity index (χ1v) is 6.60. The Morgan fingerprint density at radius 2 is 2.00 bits per heavy atom. The van der Waals surface area contributed by atoms with Gasteiger partial charge in [0, 0.05) is 23.9 Å². The summed E-state index contributed by atoms with van der Waals surface area (Å²) in [7, 11) is 0. The molecule has 2 aromatic carbocycles. The van der Waals surface area contributed by atoms with Gasteiger partial charge in [-0.1, -0.05) is 24.3 Å². The Hall–Kier alpha value is -2.07. The summed E-state index contributed by atoms with van der Waals surface area (Å²) in [6.07, 6.45) is -0.896. The SMILES string of the molecule is CCOc1cccc(NCC(O)c2ccccc2F)c1. The van der Waals surface area contributed by atoms with Crippen LogP contribution in [0.25, 0.3) is 0 Å². The summed E-state index contributed by atoms with van der Waals surface area (Å²) in [5, 5.41) is 13.1. The maximum absolute atomic E-state index is 13.5. The number of hydrogen-bond donors (Lipinski definition) is 2. The molecule has 1 unspecified atom stereocenters. The predicted octanol–water partition coefficient (Wildman–Crippen LogP) is 3.37. The summed E-state index contributed by atoms with van der Waals surface area (Å²) in [6, 6.07) is 13.7. The molecule has 20 heavy (non-hydrogen) atoms. The molecule has 0 aliphatic rings. The molecule has 2 rings (SSSR count). The van der Waals surface area contributed by atoms with E-state index in [0.717, 1.165) is 11.4 Å². The molecule has 0 saturated carbocycles. The molecule has 0 aromatic heterocycles. The van der Waals surface area contributed by atoms with Crippen molar-refractivity contribution >= 4 is 5.69 Å². The van der Waals surface area contributed by atoms with Gasteiger partial charge in [0.05, 0.1) is 12.7 Å². The van der Waals surface area contributed by atoms with Crippen LogP contribution >= 0.6 is 0 Å². The monoisotopic (exact) mass is 275 g/mol. The van der Waals surface area contributed by atoms with Crippen LogP contribution in [0.2, 0.25) is 0 Å². The van der Waals surface area contributed by atoms with Crippen LogP contribution in [0.1, 0.15) is 18.6 Å². The molecule has 0 fully saturated rings. The summed E-state index contributed by atoms with van der Waals surface area (Å²) >= 11 is 0. The van der Waals surface area contributed by atoms with E-state index >= 15 is 0 Å². The third-order valence-corrected chi connectivity index (χ3v) is 2.91. The van der Waals surface area contributed by atoms with Gasteiger partial charge in [-0.25, -0.2) is 4.39 Å². The van der Waals surface area contributed by atoms with Gasteiger partial charge in [0.25, 0.3) is 0 Å². The number of nitrogens with one attached hydrogen (secondary N) is 1. The van der Waals surface area contributed by atoms with Crippen molar-refractivity contribution in [2.75, 3.05) is 18.5 Å². The zero-order valence-corrected chi connectivity index (χ0v) is 11.3. The van der Waals surface area contributed by atoms with E-state index in [4.69, 9.17) is 4.74 Å². The maximum atomic E-state index is 13.5. The highest BCUT2D eigenvalue weighted by atomic mass is 19.1. The van der Waals surface area contributed by atoms with Crippen molar-refractivity contribution in [2.24, 2.45) is 0 Å². The van der Waals surface area contributed by atoms with E-state index in [1.54, 1.807) is 18.2 Å². The van der Waals surface area contributed by atoms with Crippen molar-refractivity contribution in [2.45, 2.75) is 13.0 Å². The molecule has 2 aromatic rings. The average molecular weight is 275 g/mol. The quantitative estimate of drug-likeness (QED) is 0.849. The number of ether oxygens (including phenoxy) is 1. The van der Waals surface area contributed by atoms with Gasteiger partial charge in [-0.15, -0.1) is 0 Å². The van der Waals surface area contributed by atoms with Crippen LogP contribution in [0.4, 0.5) is 10.1 Å². The van der Waals surface area contributed by atoms with Gasteiger partial charge in [0.15, 0.2) is 0 Å². The molecule has 4 heteroatoms. The molecule has 0 bridgehead atoms. The average Bonchev–Trinajstić information content (AvgIpc) is 2.46. The minimum absolute atomic E-state index is 0.233. The van der Waals surface area contributed by atoms with Crippen LogP contribution in [0.15, 0.2) is 48.5 Å². The van der Waals surface area contributed by atoms with Crippen molar-refractivity contribution in [1.82, 2.24) is 0 Å². The van der Waals surface area contributed by atoms with Crippen LogP contribution in [-0.4, -0.2) is 18.3 Å². The van der Waals surface area contributed by atoms with Gasteiger partial charge >= 0.3 is 0 Å². The summed E-state index contributed by atoms with van der Waals surface area (Å²) in [6.45, 7) is 2.75. The third kappa shape index (κ3) is 3.71. The Morgan fingerprint density at radius 1 is 1.20 bits per heavy atom. The van der Waals surface area contributed by atoms with E-state index in [9.17, 15) is 9.50 Å². The van der Waals surface area contributed by atoms with Gasteiger partial charge < -0.3 is 15.2 Å². The lowest BCUT2D eigenvalue weighted by Gasteiger charge is -2.14. The lowest BCUT2D eigenvalue weighted by atomic mass is 10.1. The van der Waals surface area contributed by atoms with E-state index < -0.39 is 11.9 Å². The minimum atomic E-state index is -0.896. The number of aliphatic hydroxyl groups excluding tert-OH is 1. The van der Waals surface area contributed by atoms with Crippen LogP contribution < -0.4 is 10.1 Å². The van der Waals surface area contributed by atoms with Crippen molar-refractivity contribution in [3.8, 4) is 5.75 Å². The Morgan fingerprint density at radius 3 is 2.75 bits per heavy atom. The predicted molar refractivity (Wildman–Crippen MR) is 77.5 cm³/mol. The standard InChI is InChI=1S/C16H18FNO2/c1-2-20-13-7-5-6-12(10-13)18-11-16(19)14-8-3-4-9-15(14)17/h3-10,16,18-19H,2,11H2,1H3. The zero-order valence-electron chi connectivity index (χ0n) is 11.3. The van der Waals surface area contributed by atoms with Gasteiger partial charge in [0.2, 0.25) is 0 Å². The van der Waals surface area contributed by atoms with E-state index in [1.807, 2.05) is 31.2 Å². The van der Waals surface area contributed by atoms with Gasteiger partial charge in [-0.3, -0.25) is 0 Å². The third-order valence-electron chi connectivity index (χ3n) is 2.91. The molecule has 0 saturated heterocycles. The number of aliphatic hydroxyl groups is 1. The Bertz CT molecular complexity index is 560. The molecule has 0 aliphatic heterocycles. The highest BCUT2D eigenvalue weighted by Gasteiger charge is 2.11. The number of anilines is 1. The molecule has 106 valence electrons. The van der Waals surface area contributed by atoms with E-state index in [0.29, 0.717) is 12.2 Å². The number of halogens is 1. The summed E-state index contributed by atoms with van der Waals surface area (Å²) in [4.78, 5) is 0. The molecule has 0 spiro atoms. The van der Waals surface area contributed by atoms with Gasteiger partial charge in [0.1, 0.15) is 11.6 Å². The second-order valence-electron chi connectivity index (χ2n) is 4.38. The lowest BCUT2D eigenvalue weighted by molar-refractivity contribution is 0.186. The van der Waals surface area contributed by atoms with Crippen LogP contribution in [0.5, 0.6) is 5.75 Å². The molecular weight excluding hydrogens is 257 g/mol. The topological polar surface area (TPSA) is 41.5 Å². The number of benzene rings is 2. The van der Waals surface area contributed by atoms with Crippen LogP contribution in [-0.2, 0) is 0 Å².